The highest BCUT2D eigenvalue weighted by Gasteiger charge is 2.27. The fourth-order valence-electron chi connectivity index (χ4n) is 3.30. The smallest absolute Gasteiger partial charge is 0.356 e. The van der Waals surface area contributed by atoms with Gasteiger partial charge in [0.15, 0.2) is 5.69 Å². The lowest BCUT2D eigenvalue weighted by atomic mass is 10.2. The summed E-state index contributed by atoms with van der Waals surface area (Å²) in [6.07, 6.45) is 4.82. The molecule has 0 fully saturated rings. The van der Waals surface area contributed by atoms with Crippen LogP contribution in [0.1, 0.15) is 48.5 Å². The Hall–Kier alpha value is -3.42. The van der Waals surface area contributed by atoms with E-state index < -0.39 is 5.97 Å². The van der Waals surface area contributed by atoms with Gasteiger partial charge < -0.3 is 19.9 Å². The average molecular weight is 424 g/mol. The van der Waals surface area contributed by atoms with E-state index in [1.54, 1.807) is 24.5 Å². The summed E-state index contributed by atoms with van der Waals surface area (Å²) in [5, 5.41) is 6.93. The summed E-state index contributed by atoms with van der Waals surface area (Å²) in [5.41, 5.74) is 2.49. The van der Waals surface area contributed by atoms with Crippen LogP contribution >= 0.6 is 0 Å². The number of methoxy groups -OCH3 is 1. The molecule has 3 aromatic heterocycles. The first-order chi connectivity index (χ1) is 14.8. The molecule has 3 heterocycles. The van der Waals surface area contributed by atoms with Gasteiger partial charge in [-0.05, 0) is 30.0 Å². The minimum Gasteiger partial charge on any atom is -0.464 e. The normalized spacial score (nSPS) is 11.2. The third-order valence-corrected chi connectivity index (χ3v) is 4.70. The lowest BCUT2D eigenvalue weighted by Crippen LogP contribution is -2.18. The van der Waals surface area contributed by atoms with Crippen molar-refractivity contribution in [3.05, 3.63) is 48.0 Å². The van der Waals surface area contributed by atoms with Crippen LogP contribution in [0.25, 0.3) is 11.0 Å². The molecule has 1 amide bonds. The second-order valence-electron chi connectivity index (χ2n) is 8.29. The molecule has 8 heteroatoms. The molecule has 0 aliphatic rings. The molecule has 31 heavy (non-hydrogen) atoms. The lowest BCUT2D eigenvalue weighted by molar-refractivity contribution is 0.0589. The van der Waals surface area contributed by atoms with E-state index >= 15 is 0 Å². The maximum absolute atomic E-state index is 12.9. The molecule has 8 nitrogen and oxygen atoms in total. The average Bonchev–Trinajstić information content (AvgIpc) is 3.04. The van der Waals surface area contributed by atoms with Gasteiger partial charge in [0.2, 0.25) is 0 Å². The van der Waals surface area contributed by atoms with Gasteiger partial charge in [-0.3, -0.25) is 9.78 Å². The van der Waals surface area contributed by atoms with Crippen molar-refractivity contribution < 1.29 is 14.3 Å². The Morgan fingerprint density at radius 3 is 2.55 bits per heavy atom. The molecule has 0 aliphatic carbocycles. The molecular formula is C23H29N5O3. The number of fused-ring (bicyclic) bond motifs is 1. The van der Waals surface area contributed by atoms with Crippen LogP contribution in [0.15, 0.2) is 36.8 Å². The Bertz CT molecular complexity index is 1070. The number of aromatic nitrogens is 3. The maximum Gasteiger partial charge on any atom is 0.356 e. The van der Waals surface area contributed by atoms with Crippen LogP contribution in [0.5, 0.6) is 0 Å². The minimum atomic E-state index is -0.531. The predicted octanol–water partition coefficient (Wildman–Crippen LogP) is 4.19. The van der Waals surface area contributed by atoms with Crippen molar-refractivity contribution in [2.75, 3.05) is 24.3 Å². The molecule has 0 bridgehead atoms. The van der Waals surface area contributed by atoms with Gasteiger partial charge in [0.05, 0.1) is 30.2 Å². The van der Waals surface area contributed by atoms with Crippen LogP contribution < -0.4 is 10.6 Å². The van der Waals surface area contributed by atoms with Gasteiger partial charge in [-0.15, -0.1) is 0 Å². The molecule has 3 aromatic rings. The third-order valence-electron chi connectivity index (χ3n) is 4.70. The SMILES string of the molecule is COC(=O)c1c(NC(=O)c2cccnc2)c2cc(NCC(C)C)cnc2n1CC(C)C. The summed E-state index contributed by atoms with van der Waals surface area (Å²) >= 11 is 0. The number of hydrogen-bond acceptors (Lipinski definition) is 6. The number of carbonyl (C=O) groups excluding carboxylic acids is 2. The minimum absolute atomic E-state index is 0.251. The monoisotopic (exact) mass is 423 g/mol. The Balaban J connectivity index is 2.17. The number of nitrogens with zero attached hydrogens (tertiary/aromatic N) is 3. The summed E-state index contributed by atoms with van der Waals surface area (Å²) in [7, 11) is 1.33. The van der Waals surface area contributed by atoms with Crippen molar-refractivity contribution in [3.8, 4) is 0 Å². The van der Waals surface area contributed by atoms with Crippen LogP contribution in [-0.4, -0.2) is 40.1 Å². The van der Waals surface area contributed by atoms with Crippen LogP contribution in [0.2, 0.25) is 0 Å². The van der Waals surface area contributed by atoms with E-state index in [1.807, 2.05) is 10.6 Å². The number of rotatable bonds is 8. The quantitative estimate of drug-likeness (QED) is 0.527. The summed E-state index contributed by atoms with van der Waals surface area (Å²) in [6, 6.07) is 5.27. The molecule has 0 radical (unpaired) electrons. The van der Waals surface area contributed by atoms with E-state index in [2.05, 4.69) is 48.3 Å². The van der Waals surface area contributed by atoms with Crippen molar-refractivity contribution in [2.45, 2.75) is 34.2 Å². The van der Waals surface area contributed by atoms with Crippen LogP contribution in [0.4, 0.5) is 11.4 Å². The zero-order chi connectivity index (χ0) is 22.5. The second-order valence-corrected chi connectivity index (χ2v) is 8.29. The van der Waals surface area contributed by atoms with Gasteiger partial charge >= 0.3 is 5.97 Å². The molecule has 0 aliphatic heterocycles. The number of anilines is 2. The van der Waals surface area contributed by atoms with E-state index in [4.69, 9.17) is 4.74 Å². The Morgan fingerprint density at radius 1 is 1.16 bits per heavy atom. The molecule has 2 N–H and O–H groups in total. The summed E-state index contributed by atoms with van der Waals surface area (Å²) in [4.78, 5) is 34.3. The number of nitrogens with one attached hydrogen (secondary N) is 2. The standard InChI is InChI=1S/C23H29N5O3/c1-14(2)10-25-17-9-18-19(27-22(29)16-7-6-8-24-11-16)20(23(30)31-5)28(13-15(3)4)21(18)26-12-17/h6-9,11-12,14-15,25H,10,13H2,1-5H3,(H,27,29). The molecular weight excluding hydrogens is 394 g/mol. The fraction of sp³-hybridized carbons (Fsp3) is 0.391. The Labute approximate surface area is 182 Å². The Morgan fingerprint density at radius 2 is 1.94 bits per heavy atom. The van der Waals surface area contributed by atoms with Gasteiger partial charge in [0.25, 0.3) is 5.91 Å². The molecule has 0 atom stereocenters. The van der Waals surface area contributed by atoms with Crippen LogP contribution in [-0.2, 0) is 11.3 Å². The highest BCUT2D eigenvalue weighted by molar-refractivity contribution is 6.14. The third kappa shape index (κ3) is 5.02. The summed E-state index contributed by atoms with van der Waals surface area (Å²) in [6.45, 7) is 9.68. The zero-order valence-electron chi connectivity index (χ0n) is 18.6. The van der Waals surface area contributed by atoms with E-state index in [1.165, 1.54) is 13.3 Å². The van der Waals surface area contributed by atoms with E-state index in [-0.39, 0.29) is 17.5 Å². The predicted molar refractivity (Wildman–Crippen MR) is 121 cm³/mol. The lowest BCUT2D eigenvalue weighted by Gasteiger charge is -2.12. The fourth-order valence-corrected chi connectivity index (χ4v) is 3.30. The number of hydrogen-bond donors (Lipinski definition) is 2. The van der Waals surface area contributed by atoms with Crippen molar-refractivity contribution in [2.24, 2.45) is 11.8 Å². The van der Waals surface area contributed by atoms with Crippen molar-refractivity contribution in [1.29, 1.82) is 0 Å². The first-order valence-electron chi connectivity index (χ1n) is 10.4. The molecule has 0 aromatic carbocycles. The van der Waals surface area contributed by atoms with Crippen molar-refractivity contribution in [3.63, 3.8) is 0 Å². The topological polar surface area (TPSA) is 98.1 Å². The molecule has 0 saturated carbocycles. The second kappa shape index (κ2) is 9.59. The number of ether oxygens (including phenoxy) is 1. The Kier molecular flexibility index (Phi) is 6.89. The highest BCUT2D eigenvalue weighted by Crippen LogP contribution is 2.33. The number of esters is 1. The van der Waals surface area contributed by atoms with Crippen LogP contribution in [0.3, 0.4) is 0 Å². The van der Waals surface area contributed by atoms with Gasteiger partial charge in [-0.2, -0.15) is 0 Å². The molecule has 3 rings (SSSR count). The number of amides is 1. The first kappa shape index (κ1) is 22.3. The highest BCUT2D eigenvalue weighted by atomic mass is 16.5. The van der Waals surface area contributed by atoms with Gasteiger partial charge in [-0.1, -0.05) is 27.7 Å². The van der Waals surface area contributed by atoms with Gasteiger partial charge in [-0.25, -0.2) is 9.78 Å². The van der Waals surface area contributed by atoms with Gasteiger partial charge in [0.1, 0.15) is 5.65 Å². The molecule has 0 unspecified atom stereocenters. The van der Waals surface area contributed by atoms with Crippen LogP contribution in [0, 0.1) is 11.8 Å². The van der Waals surface area contributed by atoms with E-state index in [0.717, 1.165) is 12.2 Å². The summed E-state index contributed by atoms with van der Waals surface area (Å²) < 4.78 is 6.87. The maximum atomic E-state index is 12.9. The van der Waals surface area contributed by atoms with Crippen molar-refractivity contribution >= 4 is 34.3 Å². The van der Waals surface area contributed by atoms with E-state index in [9.17, 15) is 9.59 Å². The summed E-state index contributed by atoms with van der Waals surface area (Å²) in [5.74, 6) is -0.183. The van der Waals surface area contributed by atoms with E-state index in [0.29, 0.717) is 34.7 Å². The molecule has 164 valence electrons. The number of pyridine rings is 2. The number of carbonyl (C=O) groups is 2. The molecule has 0 saturated heterocycles. The van der Waals surface area contributed by atoms with Gasteiger partial charge in [0, 0.05) is 30.9 Å². The molecule has 0 spiro atoms. The van der Waals surface area contributed by atoms with Crippen molar-refractivity contribution in [1.82, 2.24) is 14.5 Å². The largest absolute Gasteiger partial charge is 0.464 e. The first-order valence-corrected chi connectivity index (χ1v) is 10.4. The zero-order valence-corrected chi connectivity index (χ0v) is 18.6.